The van der Waals surface area contributed by atoms with E-state index in [1.807, 2.05) is 0 Å². The van der Waals surface area contributed by atoms with Crippen molar-refractivity contribution in [1.82, 2.24) is 0 Å². The number of hydrogen-bond donors (Lipinski definition) is 0. The van der Waals surface area contributed by atoms with E-state index >= 15 is 0 Å². The molecule has 0 amide bonds. The molecule has 0 aromatic heterocycles. The van der Waals surface area contributed by atoms with Crippen LogP contribution in [0.25, 0.3) is 0 Å². The van der Waals surface area contributed by atoms with E-state index in [0.29, 0.717) is 0 Å². The first-order chi connectivity index (χ1) is 6.21. The van der Waals surface area contributed by atoms with Crippen LogP contribution in [0.1, 0.15) is 52.7 Å². The van der Waals surface area contributed by atoms with Gasteiger partial charge in [-0.3, -0.25) is 0 Å². The van der Waals surface area contributed by atoms with Crippen LogP contribution in [-0.4, -0.2) is 0 Å². The van der Waals surface area contributed by atoms with Gasteiger partial charge < -0.3 is 0 Å². The second kappa shape index (κ2) is 7.36. The van der Waals surface area contributed by atoms with Crippen molar-refractivity contribution < 1.29 is 75.5 Å². The van der Waals surface area contributed by atoms with Crippen molar-refractivity contribution in [3.63, 3.8) is 0 Å². The molecule has 0 bridgehead atoms. The molecule has 0 saturated carbocycles. The Morgan fingerprint density at radius 1 is 0.562 bits per heavy atom. The van der Waals surface area contributed by atoms with Gasteiger partial charge in [0.25, 0.3) is 0 Å². The molecular formula is C14H22Ar2. The zero-order chi connectivity index (χ0) is 11.0. The number of benzene rings is 1. The molecule has 2 heteroatoms. The minimum Gasteiger partial charge on any atom is -0.0582 e. The molecule has 0 heterocycles. The Balaban J connectivity index is 0. The van der Waals surface area contributed by atoms with Gasteiger partial charge in [-0.05, 0) is 22.0 Å². The molecule has 0 aliphatic rings. The van der Waals surface area contributed by atoms with Crippen molar-refractivity contribution in [2.75, 3.05) is 0 Å². The van der Waals surface area contributed by atoms with Gasteiger partial charge >= 0.3 is 0 Å². The molecule has 0 atom stereocenters. The standard InChI is InChI=1S/C14H22.2Ar/c1-13(2,3)11-7-9-12(10-8-11)14(4,5)6;;/h7-10H,1-6H3;;. The Hall–Kier alpha value is 1.74. The molecule has 0 unspecified atom stereocenters. The molecule has 0 nitrogen and oxygen atoms in total. The van der Waals surface area contributed by atoms with Crippen molar-refractivity contribution in [2.45, 2.75) is 52.4 Å². The van der Waals surface area contributed by atoms with Crippen molar-refractivity contribution in [1.29, 1.82) is 0 Å². The summed E-state index contributed by atoms with van der Waals surface area (Å²) in [5.41, 5.74) is 3.34. The average Bonchev–Trinajstić information content (AvgIpc) is 2.01. The molecule has 0 N–H and O–H groups in total. The second-order valence-electron chi connectivity index (χ2n) is 6.08. The van der Waals surface area contributed by atoms with Crippen LogP contribution in [0.3, 0.4) is 0 Å². The Morgan fingerprint density at radius 3 is 0.875 bits per heavy atom. The van der Waals surface area contributed by atoms with Gasteiger partial charge in [0.05, 0.1) is 0 Å². The van der Waals surface area contributed by atoms with Gasteiger partial charge in [-0.15, -0.1) is 0 Å². The minimum atomic E-state index is 0. The van der Waals surface area contributed by atoms with Crippen LogP contribution in [0.2, 0.25) is 0 Å². The van der Waals surface area contributed by atoms with Gasteiger partial charge in [0.2, 0.25) is 0 Å². The summed E-state index contributed by atoms with van der Waals surface area (Å²) < 4.78 is 0. The molecular weight excluding hydrogens is 248 g/mol. The van der Waals surface area contributed by atoms with Crippen LogP contribution < -0.4 is 0 Å². The number of hydrogen-bond acceptors (Lipinski definition) is 0. The van der Waals surface area contributed by atoms with E-state index in [4.69, 9.17) is 0 Å². The van der Waals surface area contributed by atoms with E-state index in [0.717, 1.165) is 0 Å². The van der Waals surface area contributed by atoms with E-state index in [1.165, 1.54) is 11.1 Å². The van der Waals surface area contributed by atoms with Crippen LogP contribution >= 0.6 is 0 Å². The van der Waals surface area contributed by atoms with E-state index in [2.05, 4.69) is 65.8 Å². The maximum Gasteiger partial charge on any atom is 0 e. The minimum absolute atomic E-state index is 0. The van der Waals surface area contributed by atoms with Crippen molar-refractivity contribution in [2.24, 2.45) is 0 Å². The molecule has 0 fully saturated rings. The topological polar surface area (TPSA) is 0 Å². The van der Waals surface area contributed by atoms with Gasteiger partial charge in [-0.25, -0.2) is 0 Å². The number of rotatable bonds is 0. The molecule has 1 aromatic rings. The largest absolute Gasteiger partial charge is 0.0582 e. The zero-order valence-corrected chi connectivity index (χ0v) is 12.4. The first-order valence-electron chi connectivity index (χ1n) is 5.32. The molecule has 0 aliphatic carbocycles. The fourth-order valence-corrected chi connectivity index (χ4v) is 1.47. The molecule has 0 spiro atoms. The third kappa shape index (κ3) is 6.07. The van der Waals surface area contributed by atoms with Crippen molar-refractivity contribution in [3.05, 3.63) is 35.4 Å². The summed E-state index contributed by atoms with van der Waals surface area (Å²) in [4.78, 5) is 0. The molecule has 0 radical (unpaired) electrons. The van der Waals surface area contributed by atoms with E-state index < -0.39 is 0 Å². The van der Waals surface area contributed by atoms with Gasteiger partial charge in [-0.2, -0.15) is 0 Å². The van der Waals surface area contributed by atoms with Gasteiger partial charge in [0.15, 0.2) is 0 Å². The summed E-state index contributed by atoms with van der Waals surface area (Å²) in [6.07, 6.45) is 0. The van der Waals surface area contributed by atoms with Gasteiger partial charge in [0.1, 0.15) is 0 Å². The Morgan fingerprint density at radius 2 is 0.750 bits per heavy atom. The predicted octanol–water partition coefficient (Wildman–Crippen LogP) is 4.28. The quantitative estimate of drug-likeness (QED) is 0.660. The molecule has 1 rings (SSSR count). The first kappa shape index (κ1) is 20.1. The normalized spacial score (nSPS) is 11.4. The van der Waals surface area contributed by atoms with Crippen LogP contribution in [-0.2, 0) is 10.8 Å². The molecule has 94 valence electrons. The fourth-order valence-electron chi connectivity index (χ4n) is 1.47. The summed E-state index contributed by atoms with van der Waals surface area (Å²) in [5, 5.41) is 0. The SMILES string of the molecule is CC(C)(C)c1ccc(C(C)(C)C)cc1.[Ar].[Ar]. The summed E-state index contributed by atoms with van der Waals surface area (Å²) in [5.74, 6) is 0. The van der Waals surface area contributed by atoms with E-state index in [-0.39, 0.29) is 86.3 Å². The van der Waals surface area contributed by atoms with Crippen LogP contribution in [0, 0.1) is 75.5 Å². The Kier molecular flexibility index (Phi) is 9.23. The average molecular weight is 270 g/mol. The maximum absolute atomic E-state index is 2.25. The smallest absolute Gasteiger partial charge is 0 e. The first-order valence-corrected chi connectivity index (χ1v) is 5.32. The zero-order valence-electron chi connectivity index (χ0n) is 11.0. The summed E-state index contributed by atoms with van der Waals surface area (Å²) >= 11 is 0. The fraction of sp³-hybridized carbons (Fsp3) is 0.571. The Bertz CT molecular complexity index is 266. The monoisotopic (exact) mass is 270 g/mol. The van der Waals surface area contributed by atoms with Gasteiger partial charge in [-0.1, -0.05) is 65.8 Å². The van der Waals surface area contributed by atoms with E-state index in [9.17, 15) is 0 Å². The Labute approximate surface area is 161 Å². The summed E-state index contributed by atoms with van der Waals surface area (Å²) in [7, 11) is 0. The second-order valence-corrected chi connectivity index (χ2v) is 6.08. The van der Waals surface area contributed by atoms with Crippen molar-refractivity contribution in [3.8, 4) is 0 Å². The summed E-state index contributed by atoms with van der Waals surface area (Å²) in [6.45, 7) is 13.5. The van der Waals surface area contributed by atoms with Crippen molar-refractivity contribution >= 4 is 0 Å². The van der Waals surface area contributed by atoms with Crippen LogP contribution in [0.4, 0.5) is 0 Å². The third-order valence-corrected chi connectivity index (χ3v) is 2.62. The molecule has 1 aromatic carbocycles. The van der Waals surface area contributed by atoms with Gasteiger partial charge in [0, 0.05) is 75.5 Å². The van der Waals surface area contributed by atoms with Crippen LogP contribution in [0.5, 0.6) is 0 Å². The maximum atomic E-state index is 2.25. The molecule has 0 saturated heterocycles. The predicted molar refractivity (Wildman–Crippen MR) is 63.8 cm³/mol. The summed E-state index contributed by atoms with van der Waals surface area (Å²) in [6, 6.07) is 9.00. The van der Waals surface area contributed by atoms with Crippen LogP contribution in [0.15, 0.2) is 24.3 Å². The third-order valence-electron chi connectivity index (χ3n) is 2.62. The molecule has 16 heavy (non-hydrogen) atoms. The van der Waals surface area contributed by atoms with E-state index in [1.54, 1.807) is 0 Å². The molecule has 0 aliphatic heterocycles.